The Morgan fingerprint density at radius 1 is 1.44 bits per heavy atom. The van der Waals surface area contributed by atoms with Crippen LogP contribution in [0.3, 0.4) is 0 Å². The molecule has 0 amide bonds. The minimum absolute atomic E-state index is 0.0603. The summed E-state index contributed by atoms with van der Waals surface area (Å²) < 4.78 is 16.4. The molecular weight excluding hydrogens is 232 g/mol. The van der Waals surface area contributed by atoms with Crippen molar-refractivity contribution in [2.75, 3.05) is 13.2 Å². The summed E-state index contributed by atoms with van der Waals surface area (Å²) in [4.78, 5) is 0. The Morgan fingerprint density at radius 3 is 3.00 bits per heavy atom. The highest BCUT2D eigenvalue weighted by molar-refractivity contribution is 5.44. The maximum atomic E-state index is 9.77. The molecular formula is C14H18O4. The molecule has 1 atom stereocenters. The van der Waals surface area contributed by atoms with Crippen molar-refractivity contribution in [2.24, 2.45) is 0 Å². The van der Waals surface area contributed by atoms with Gasteiger partial charge in [0.05, 0.1) is 6.61 Å². The molecule has 0 spiro atoms. The normalized spacial score (nSPS) is 19.2. The lowest BCUT2D eigenvalue weighted by atomic mass is 10.2. The van der Waals surface area contributed by atoms with Crippen molar-refractivity contribution >= 4 is 0 Å². The summed E-state index contributed by atoms with van der Waals surface area (Å²) in [7, 11) is 0. The summed E-state index contributed by atoms with van der Waals surface area (Å²) in [5, 5.41) is 9.77. The van der Waals surface area contributed by atoms with Crippen molar-refractivity contribution in [3.8, 4) is 17.2 Å². The van der Waals surface area contributed by atoms with Gasteiger partial charge in [-0.05, 0) is 25.0 Å². The molecule has 0 saturated carbocycles. The first kappa shape index (κ1) is 12.8. The quantitative estimate of drug-likeness (QED) is 0.816. The van der Waals surface area contributed by atoms with Crippen LogP contribution in [0.5, 0.6) is 17.2 Å². The lowest BCUT2D eigenvalue weighted by Crippen LogP contribution is -2.24. The minimum atomic E-state index is -0.210. The molecule has 1 aromatic rings. The lowest BCUT2D eigenvalue weighted by molar-refractivity contribution is -0.105. The zero-order valence-corrected chi connectivity index (χ0v) is 10.3. The number of ether oxygens (including phenoxy) is 3. The van der Waals surface area contributed by atoms with E-state index >= 15 is 0 Å². The van der Waals surface area contributed by atoms with Crippen LogP contribution in [0, 0.1) is 0 Å². The number of rotatable bonds is 5. The van der Waals surface area contributed by atoms with E-state index in [9.17, 15) is 5.11 Å². The van der Waals surface area contributed by atoms with E-state index in [4.69, 9.17) is 14.2 Å². The van der Waals surface area contributed by atoms with Crippen molar-refractivity contribution in [3.05, 3.63) is 30.9 Å². The molecule has 1 saturated heterocycles. The second kappa shape index (κ2) is 6.31. The molecule has 0 radical (unpaired) electrons. The van der Waals surface area contributed by atoms with Crippen LogP contribution in [0.1, 0.15) is 19.3 Å². The van der Waals surface area contributed by atoms with E-state index < -0.39 is 0 Å². The first-order valence-electron chi connectivity index (χ1n) is 6.14. The molecule has 1 N–H and O–H groups in total. The smallest absolute Gasteiger partial charge is 0.199 e. The number of aromatic hydroxyl groups is 1. The third kappa shape index (κ3) is 3.40. The van der Waals surface area contributed by atoms with Crippen LogP contribution in [-0.4, -0.2) is 24.6 Å². The van der Waals surface area contributed by atoms with Crippen molar-refractivity contribution in [1.29, 1.82) is 0 Å². The van der Waals surface area contributed by atoms with Gasteiger partial charge < -0.3 is 19.3 Å². The Morgan fingerprint density at radius 2 is 2.33 bits per heavy atom. The molecule has 0 aromatic heterocycles. The highest BCUT2D eigenvalue weighted by Gasteiger charge is 2.15. The summed E-state index contributed by atoms with van der Waals surface area (Å²) >= 11 is 0. The zero-order chi connectivity index (χ0) is 12.8. The fraction of sp³-hybridized carbons (Fsp3) is 0.429. The number of phenolic OH excluding ortho intramolecular Hbond substituents is 1. The van der Waals surface area contributed by atoms with E-state index in [1.165, 1.54) is 6.07 Å². The molecule has 2 rings (SSSR count). The van der Waals surface area contributed by atoms with Gasteiger partial charge in [-0.3, -0.25) is 0 Å². The van der Waals surface area contributed by atoms with Gasteiger partial charge in [-0.2, -0.15) is 0 Å². The molecule has 1 aromatic carbocycles. The summed E-state index contributed by atoms with van der Waals surface area (Å²) in [6.07, 6.45) is 4.49. The third-order valence-electron chi connectivity index (χ3n) is 2.69. The van der Waals surface area contributed by atoms with E-state index in [-0.39, 0.29) is 12.0 Å². The van der Waals surface area contributed by atoms with Crippen LogP contribution < -0.4 is 9.47 Å². The second-order valence-corrected chi connectivity index (χ2v) is 4.14. The molecule has 1 aliphatic rings. The van der Waals surface area contributed by atoms with E-state index in [2.05, 4.69) is 6.58 Å². The summed E-state index contributed by atoms with van der Waals surface area (Å²) in [6, 6.07) is 4.98. The molecule has 1 aliphatic heterocycles. The van der Waals surface area contributed by atoms with Crippen molar-refractivity contribution in [3.63, 3.8) is 0 Å². The lowest BCUT2D eigenvalue weighted by Gasteiger charge is -2.23. The Hall–Kier alpha value is -1.68. The van der Waals surface area contributed by atoms with Gasteiger partial charge in [-0.15, -0.1) is 0 Å². The fourth-order valence-corrected chi connectivity index (χ4v) is 1.80. The van der Waals surface area contributed by atoms with E-state index in [1.807, 2.05) is 0 Å². The van der Waals surface area contributed by atoms with E-state index in [0.29, 0.717) is 18.1 Å². The van der Waals surface area contributed by atoms with Gasteiger partial charge in [0.2, 0.25) is 0 Å². The average Bonchev–Trinajstić information content (AvgIpc) is 2.39. The van der Waals surface area contributed by atoms with E-state index in [1.54, 1.807) is 18.2 Å². The zero-order valence-electron chi connectivity index (χ0n) is 10.3. The molecule has 0 unspecified atom stereocenters. The van der Waals surface area contributed by atoms with Crippen LogP contribution in [0.2, 0.25) is 0 Å². The molecule has 98 valence electrons. The molecule has 4 heteroatoms. The topological polar surface area (TPSA) is 47.9 Å². The van der Waals surface area contributed by atoms with Crippen LogP contribution >= 0.6 is 0 Å². The molecule has 1 heterocycles. The van der Waals surface area contributed by atoms with Gasteiger partial charge in [-0.25, -0.2) is 0 Å². The molecule has 0 aliphatic carbocycles. The Labute approximate surface area is 107 Å². The van der Waals surface area contributed by atoms with Gasteiger partial charge >= 0.3 is 0 Å². The van der Waals surface area contributed by atoms with Crippen LogP contribution in [0.4, 0.5) is 0 Å². The summed E-state index contributed by atoms with van der Waals surface area (Å²) in [5.74, 6) is 1.07. The monoisotopic (exact) mass is 250 g/mol. The Balaban J connectivity index is 1.96. The van der Waals surface area contributed by atoms with Gasteiger partial charge in [0, 0.05) is 12.5 Å². The summed E-state index contributed by atoms with van der Waals surface area (Å²) in [5.41, 5.74) is 0. The SMILES string of the molecule is C=CCOc1ccc(O[C@@H]2CCCCO2)cc1O. The third-order valence-corrected chi connectivity index (χ3v) is 2.69. The first-order chi connectivity index (χ1) is 8.79. The Kier molecular flexibility index (Phi) is 4.47. The van der Waals surface area contributed by atoms with Crippen LogP contribution in [-0.2, 0) is 4.74 Å². The highest BCUT2D eigenvalue weighted by Crippen LogP contribution is 2.31. The standard InChI is InChI=1S/C14H18O4/c1-2-8-16-13-7-6-11(10-12(13)15)18-14-5-3-4-9-17-14/h2,6-7,10,14-15H,1,3-5,8-9H2/t14-/m1/s1. The number of hydrogen-bond donors (Lipinski definition) is 1. The highest BCUT2D eigenvalue weighted by atomic mass is 16.7. The van der Waals surface area contributed by atoms with E-state index in [0.717, 1.165) is 25.9 Å². The van der Waals surface area contributed by atoms with Gasteiger partial charge in [-0.1, -0.05) is 12.7 Å². The molecule has 0 bridgehead atoms. The van der Waals surface area contributed by atoms with Gasteiger partial charge in [0.15, 0.2) is 17.8 Å². The fourth-order valence-electron chi connectivity index (χ4n) is 1.80. The van der Waals surface area contributed by atoms with Crippen molar-refractivity contribution in [1.82, 2.24) is 0 Å². The number of phenols is 1. The molecule has 4 nitrogen and oxygen atoms in total. The van der Waals surface area contributed by atoms with Crippen LogP contribution in [0.15, 0.2) is 30.9 Å². The maximum absolute atomic E-state index is 9.77. The van der Waals surface area contributed by atoms with Crippen LogP contribution in [0.25, 0.3) is 0 Å². The number of benzene rings is 1. The second-order valence-electron chi connectivity index (χ2n) is 4.14. The summed E-state index contributed by atoms with van der Waals surface area (Å²) in [6.45, 7) is 4.65. The minimum Gasteiger partial charge on any atom is -0.504 e. The van der Waals surface area contributed by atoms with Gasteiger partial charge in [0.1, 0.15) is 12.4 Å². The largest absolute Gasteiger partial charge is 0.504 e. The molecule has 18 heavy (non-hydrogen) atoms. The van der Waals surface area contributed by atoms with Crippen molar-refractivity contribution < 1.29 is 19.3 Å². The maximum Gasteiger partial charge on any atom is 0.199 e. The molecule has 1 fully saturated rings. The van der Waals surface area contributed by atoms with Gasteiger partial charge in [0.25, 0.3) is 0 Å². The number of hydrogen-bond acceptors (Lipinski definition) is 4. The van der Waals surface area contributed by atoms with Crippen molar-refractivity contribution in [2.45, 2.75) is 25.6 Å². The first-order valence-corrected chi connectivity index (χ1v) is 6.14. The predicted octanol–water partition coefficient (Wildman–Crippen LogP) is 2.86. The predicted molar refractivity (Wildman–Crippen MR) is 68.0 cm³/mol. The average molecular weight is 250 g/mol. The Bertz CT molecular complexity index is 397.